The molecule has 0 saturated heterocycles. The quantitative estimate of drug-likeness (QED) is 0.795. The highest BCUT2D eigenvalue weighted by Crippen LogP contribution is 2.44. The Morgan fingerprint density at radius 3 is 2.47 bits per heavy atom. The number of nitrogens with zero attached hydrogens (tertiary/aromatic N) is 1. The highest BCUT2D eigenvalue weighted by Gasteiger charge is 2.33. The minimum absolute atomic E-state index is 0.254. The Labute approximate surface area is 110 Å². The van der Waals surface area contributed by atoms with Gasteiger partial charge in [-0.3, -0.25) is 0 Å². The van der Waals surface area contributed by atoms with Gasteiger partial charge in [-0.15, -0.1) is 0 Å². The van der Waals surface area contributed by atoms with Crippen LogP contribution in [-0.2, 0) is 4.74 Å². The van der Waals surface area contributed by atoms with Crippen LogP contribution in [0.4, 0.5) is 0 Å². The first-order valence-electron chi connectivity index (χ1n) is 5.97. The molecule has 0 spiro atoms. The molecule has 1 aromatic heterocycles. The number of ether oxygens (including phenoxy) is 1. The van der Waals surface area contributed by atoms with Gasteiger partial charge < -0.3 is 9.30 Å². The van der Waals surface area contributed by atoms with Crippen LogP contribution in [-0.4, -0.2) is 17.6 Å². The molecule has 1 saturated carbocycles. The third kappa shape index (κ3) is 2.03. The lowest BCUT2D eigenvalue weighted by Crippen LogP contribution is -2.06. The van der Waals surface area contributed by atoms with Gasteiger partial charge in [0.2, 0.25) is 0 Å². The summed E-state index contributed by atoms with van der Waals surface area (Å²) in [7, 11) is 1.43. The summed E-state index contributed by atoms with van der Waals surface area (Å²) in [4.78, 5) is 11.8. The lowest BCUT2D eigenvalue weighted by atomic mass is 10.1. The summed E-state index contributed by atoms with van der Waals surface area (Å²) in [6.07, 6.45) is 2.42. The number of hydrogen-bond donors (Lipinski definition) is 0. The molecule has 3 nitrogen and oxygen atoms in total. The van der Waals surface area contributed by atoms with Gasteiger partial charge >= 0.3 is 5.97 Å². The van der Waals surface area contributed by atoms with Crippen LogP contribution >= 0.6 is 15.9 Å². The van der Waals surface area contributed by atoms with E-state index in [1.165, 1.54) is 25.6 Å². The van der Waals surface area contributed by atoms with Gasteiger partial charge in [-0.2, -0.15) is 0 Å². The Morgan fingerprint density at radius 2 is 2.06 bits per heavy atom. The molecule has 94 valence electrons. The predicted molar refractivity (Wildman–Crippen MR) is 70.6 cm³/mol. The number of methoxy groups -OCH3 is 1. The van der Waals surface area contributed by atoms with Crippen molar-refractivity contribution in [3.05, 3.63) is 21.4 Å². The maximum absolute atomic E-state index is 11.8. The topological polar surface area (TPSA) is 31.2 Å². The minimum Gasteiger partial charge on any atom is -0.465 e. The van der Waals surface area contributed by atoms with E-state index in [4.69, 9.17) is 4.74 Å². The van der Waals surface area contributed by atoms with E-state index >= 15 is 0 Å². The van der Waals surface area contributed by atoms with Crippen LogP contribution < -0.4 is 0 Å². The zero-order chi connectivity index (χ0) is 12.7. The summed E-state index contributed by atoms with van der Waals surface area (Å²) in [5, 5.41) is 0. The first kappa shape index (κ1) is 12.7. The second-order valence-corrected chi connectivity index (χ2v) is 5.70. The Hall–Kier alpha value is -0.770. The maximum atomic E-state index is 11.8. The summed E-state index contributed by atoms with van der Waals surface area (Å²) in [6, 6.07) is 0.571. The van der Waals surface area contributed by atoms with E-state index < -0.39 is 0 Å². The molecule has 0 amide bonds. The van der Waals surface area contributed by atoms with Crippen LogP contribution in [0.25, 0.3) is 0 Å². The average Bonchev–Trinajstić information content (AvgIpc) is 3.04. The second kappa shape index (κ2) is 4.48. The molecule has 1 aliphatic rings. The minimum atomic E-state index is -0.254. The average molecular weight is 300 g/mol. The Kier molecular flexibility index (Phi) is 3.34. The monoisotopic (exact) mass is 299 g/mol. The lowest BCUT2D eigenvalue weighted by molar-refractivity contribution is 0.0599. The number of rotatable bonds is 3. The van der Waals surface area contributed by atoms with Crippen molar-refractivity contribution in [3.63, 3.8) is 0 Å². The van der Waals surface area contributed by atoms with E-state index in [2.05, 4.69) is 34.3 Å². The standard InChI is InChI=1S/C13H18BrNO2/c1-7(2)12-11(14)10(13(16)17-4)8(3)15(12)9-5-6-9/h7,9H,5-6H2,1-4H3. The Bertz CT molecular complexity index is 433. The summed E-state index contributed by atoms with van der Waals surface area (Å²) in [5.74, 6) is 0.137. The van der Waals surface area contributed by atoms with Crippen LogP contribution in [0.3, 0.4) is 0 Å². The number of carbonyl (C=O) groups is 1. The number of aromatic nitrogens is 1. The number of carbonyl (C=O) groups excluding carboxylic acids is 1. The van der Waals surface area contributed by atoms with Crippen LogP contribution in [0, 0.1) is 6.92 Å². The second-order valence-electron chi connectivity index (χ2n) is 4.91. The van der Waals surface area contributed by atoms with E-state index in [0.717, 1.165) is 10.2 Å². The van der Waals surface area contributed by atoms with Crippen molar-refractivity contribution in [1.29, 1.82) is 0 Å². The highest BCUT2D eigenvalue weighted by molar-refractivity contribution is 9.10. The fourth-order valence-corrected chi connectivity index (χ4v) is 3.47. The van der Waals surface area contributed by atoms with E-state index in [1.54, 1.807) is 0 Å². The van der Waals surface area contributed by atoms with Gasteiger partial charge in [-0.05, 0) is 41.6 Å². The van der Waals surface area contributed by atoms with Crippen LogP contribution in [0.2, 0.25) is 0 Å². The lowest BCUT2D eigenvalue weighted by Gasteiger charge is -2.13. The third-order valence-electron chi connectivity index (χ3n) is 3.28. The van der Waals surface area contributed by atoms with Gasteiger partial charge in [0.05, 0.1) is 17.1 Å². The fourth-order valence-electron chi connectivity index (χ4n) is 2.37. The summed E-state index contributed by atoms with van der Waals surface area (Å²) < 4.78 is 8.08. The van der Waals surface area contributed by atoms with Crippen molar-refractivity contribution in [2.45, 2.75) is 45.6 Å². The van der Waals surface area contributed by atoms with E-state index in [1.807, 2.05) is 6.92 Å². The molecule has 0 bridgehead atoms. The summed E-state index contributed by atoms with van der Waals surface area (Å²) >= 11 is 3.57. The molecular formula is C13H18BrNO2. The Balaban J connectivity index is 2.62. The van der Waals surface area contributed by atoms with Crippen LogP contribution in [0.15, 0.2) is 4.47 Å². The molecule has 4 heteroatoms. The van der Waals surface area contributed by atoms with Gasteiger partial charge in [-0.25, -0.2) is 4.79 Å². The molecule has 0 aromatic carbocycles. The third-order valence-corrected chi connectivity index (χ3v) is 4.08. The zero-order valence-corrected chi connectivity index (χ0v) is 12.3. The molecule has 1 fully saturated rings. The summed E-state index contributed by atoms with van der Waals surface area (Å²) in [5.41, 5.74) is 2.92. The number of hydrogen-bond acceptors (Lipinski definition) is 2. The van der Waals surface area contributed by atoms with Gasteiger partial charge in [0, 0.05) is 17.4 Å². The maximum Gasteiger partial charge on any atom is 0.340 e. The predicted octanol–water partition coefficient (Wildman–Crippen LogP) is 3.80. The smallest absolute Gasteiger partial charge is 0.340 e. The van der Waals surface area contributed by atoms with Gasteiger partial charge in [0.1, 0.15) is 0 Å². The molecule has 1 aromatic rings. The van der Waals surface area contributed by atoms with Gasteiger partial charge in [0.25, 0.3) is 0 Å². The molecule has 2 rings (SSSR count). The zero-order valence-electron chi connectivity index (χ0n) is 10.7. The molecule has 1 aliphatic carbocycles. The van der Waals surface area contributed by atoms with Gasteiger partial charge in [-0.1, -0.05) is 13.8 Å². The molecule has 0 aliphatic heterocycles. The van der Waals surface area contributed by atoms with E-state index in [-0.39, 0.29) is 5.97 Å². The molecule has 0 radical (unpaired) electrons. The van der Waals surface area contributed by atoms with Crippen molar-refractivity contribution in [2.24, 2.45) is 0 Å². The van der Waals surface area contributed by atoms with Gasteiger partial charge in [0.15, 0.2) is 0 Å². The first-order valence-corrected chi connectivity index (χ1v) is 6.76. The number of esters is 1. The Morgan fingerprint density at radius 1 is 1.47 bits per heavy atom. The molecular weight excluding hydrogens is 282 g/mol. The van der Waals surface area contributed by atoms with Crippen LogP contribution in [0.1, 0.15) is 60.4 Å². The number of halogens is 1. The normalized spacial score (nSPS) is 15.4. The molecule has 0 atom stereocenters. The SMILES string of the molecule is COC(=O)c1c(Br)c(C(C)C)n(C2CC2)c1C. The van der Waals surface area contributed by atoms with Crippen molar-refractivity contribution in [2.75, 3.05) is 7.11 Å². The molecule has 1 heterocycles. The summed E-state index contributed by atoms with van der Waals surface area (Å²) in [6.45, 7) is 6.31. The largest absolute Gasteiger partial charge is 0.465 e. The van der Waals surface area contributed by atoms with Crippen molar-refractivity contribution >= 4 is 21.9 Å². The van der Waals surface area contributed by atoms with E-state index in [0.29, 0.717) is 17.5 Å². The highest BCUT2D eigenvalue weighted by atomic mass is 79.9. The molecule has 0 N–H and O–H groups in total. The van der Waals surface area contributed by atoms with Crippen molar-refractivity contribution < 1.29 is 9.53 Å². The van der Waals surface area contributed by atoms with Crippen molar-refractivity contribution in [1.82, 2.24) is 4.57 Å². The first-order chi connectivity index (χ1) is 7.99. The van der Waals surface area contributed by atoms with Crippen LogP contribution in [0.5, 0.6) is 0 Å². The molecule has 0 unspecified atom stereocenters. The van der Waals surface area contributed by atoms with E-state index in [9.17, 15) is 4.79 Å². The molecule has 17 heavy (non-hydrogen) atoms. The fraction of sp³-hybridized carbons (Fsp3) is 0.615. The van der Waals surface area contributed by atoms with Crippen molar-refractivity contribution in [3.8, 4) is 0 Å².